The van der Waals surface area contributed by atoms with Crippen LogP contribution in [0.2, 0.25) is 0 Å². The smallest absolute Gasteiger partial charge is 0.251 e. The van der Waals surface area contributed by atoms with E-state index in [1.54, 1.807) is 6.20 Å². The van der Waals surface area contributed by atoms with Gasteiger partial charge in [-0.15, -0.1) is 0 Å². The first-order valence-electron chi connectivity index (χ1n) is 12.0. The van der Waals surface area contributed by atoms with Gasteiger partial charge >= 0.3 is 0 Å². The third-order valence-electron chi connectivity index (χ3n) is 6.48. The van der Waals surface area contributed by atoms with Gasteiger partial charge in [0.25, 0.3) is 5.91 Å². The SMILES string of the molecule is CN1CCC(NC(=O)c2ccc(Nc3ccc(-c4cccc5c4OC(CN)CO5)nc3)cc2)CC1. The number of likely N-dealkylation sites (tertiary alicyclic amines) is 1. The first-order chi connectivity index (χ1) is 17.1. The molecule has 4 N–H and O–H groups in total. The highest BCUT2D eigenvalue weighted by Crippen LogP contribution is 2.40. The Morgan fingerprint density at radius 1 is 1.09 bits per heavy atom. The number of rotatable bonds is 6. The molecule has 2 aliphatic rings. The topological polar surface area (TPSA) is 102 Å². The zero-order chi connectivity index (χ0) is 24.2. The third kappa shape index (κ3) is 5.39. The minimum Gasteiger partial charge on any atom is -0.486 e. The summed E-state index contributed by atoms with van der Waals surface area (Å²) in [5.74, 6) is 1.36. The molecule has 182 valence electrons. The van der Waals surface area contributed by atoms with Crippen molar-refractivity contribution in [1.29, 1.82) is 0 Å². The molecule has 1 amide bonds. The van der Waals surface area contributed by atoms with Crippen molar-refractivity contribution in [2.75, 3.05) is 38.6 Å². The molecular formula is C27H31N5O3. The van der Waals surface area contributed by atoms with E-state index in [4.69, 9.17) is 15.2 Å². The highest BCUT2D eigenvalue weighted by molar-refractivity contribution is 5.94. The largest absolute Gasteiger partial charge is 0.486 e. The van der Waals surface area contributed by atoms with Gasteiger partial charge in [-0.1, -0.05) is 6.07 Å². The molecule has 5 rings (SSSR count). The summed E-state index contributed by atoms with van der Waals surface area (Å²) in [6.45, 7) is 2.87. The van der Waals surface area contributed by atoms with Gasteiger partial charge < -0.3 is 30.7 Å². The maximum atomic E-state index is 12.6. The van der Waals surface area contributed by atoms with E-state index in [0.29, 0.717) is 30.2 Å². The number of ether oxygens (including phenoxy) is 2. The van der Waals surface area contributed by atoms with Crippen LogP contribution in [-0.4, -0.2) is 61.2 Å². The Balaban J connectivity index is 1.22. The number of hydrogen-bond donors (Lipinski definition) is 3. The van der Waals surface area contributed by atoms with Crippen molar-refractivity contribution < 1.29 is 14.3 Å². The van der Waals surface area contributed by atoms with E-state index in [0.717, 1.165) is 48.6 Å². The second-order valence-electron chi connectivity index (χ2n) is 9.10. The Labute approximate surface area is 205 Å². The van der Waals surface area contributed by atoms with Crippen LogP contribution >= 0.6 is 0 Å². The van der Waals surface area contributed by atoms with Gasteiger partial charge in [-0.3, -0.25) is 9.78 Å². The van der Waals surface area contributed by atoms with Crippen LogP contribution < -0.4 is 25.8 Å². The number of benzene rings is 2. The Morgan fingerprint density at radius 3 is 2.57 bits per heavy atom. The summed E-state index contributed by atoms with van der Waals surface area (Å²) in [5.41, 5.74) is 9.81. The number of carbonyl (C=O) groups is 1. The van der Waals surface area contributed by atoms with Crippen molar-refractivity contribution in [1.82, 2.24) is 15.2 Å². The second kappa shape index (κ2) is 10.3. The van der Waals surface area contributed by atoms with Gasteiger partial charge in [-0.2, -0.15) is 0 Å². The van der Waals surface area contributed by atoms with Crippen molar-refractivity contribution >= 4 is 17.3 Å². The summed E-state index contributed by atoms with van der Waals surface area (Å²) >= 11 is 0. The van der Waals surface area contributed by atoms with Gasteiger partial charge in [-0.25, -0.2) is 0 Å². The zero-order valence-electron chi connectivity index (χ0n) is 19.9. The number of pyridine rings is 1. The van der Waals surface area contributed by atoms with E-state index < -0.39 is 0 Å². The quantitative estimate of drug-likeness (QED) is 0.504. The Morgan fingerprint density at radius 2 is 1.86 bits per heavy atom. The van der Waals surface area contributed by atoms with Gasteiger partial charge in [0.15, 0.2) is 11.5 Å². The van der Waals surface area contributed by atoms with Crippen molar-refractivity contribution in [2.24, 2.45) is 5.73 Å². The Hall–Kier alpha value is -3.62. The minimum atomic E-state index is -0.168. The van der Waals surface area contributed by atoms with Crippen molar-refractivity contribution in [3.8, 4) is 22.8 Å². The molecule has 8 heteroatoms. The number of fused-ring (bicyclic) bond motifs is 1. The molecule has 8 nitrogen and oxygen atoms in total. The Bertz CT molecular complexity index is 1160. The lowest BCUT2D eigenvalue weighted by Crippen LogP contribution is -2.43. The van der Waals surface area contributed by atoms with Crippen LogP contribution in [0, 0.1) is 0 Å². The number of nitrogens with one attached hydrogen (secondary N) is 2. The van der Waals surface area contributed by atoms with E-state index in [1.165, 1.54) is 0 Å². The van der Waals surface area contributed by atoms with E-state index in [1.807, 2.05) is 54.6 Å². The molecule has 1 saturated heterocycles. The van der Waals surface area contributed by atoms with E-state index in [-0.39, 0.29) is 18.1 Å². The number of carbonyl (C=O) groups excluding carboxylic acids is 1. The normalized spacial score (nSPS) is 18.2. The summed E-state index contributed by atoms with van der Waals surface area (Å²) in [5, 5.41) is 6.49. The summed E-state index contributed by atoms with van der Waals surface area (Å²) in [6.07, 6.45) is 3.59. The number of amides is 1. The fraction of sp³-hybridized carbons (Fsp3) is 0.333. The molecule has 0 radical (unpaired) electrons. The van der Waals surface area contributed by atoms with E-state index in [2.05, 4.69) is 27.6 Å². The molecule has 1 atom stereocenters. The molecule has 1 aromatic heterocycles. The molecule has 3 aromatic rings. The Kier molecular flexibility index (Phi) is 6.83. The summed E-state index contributed by atoms with van der Waals surface area (Å²) in [7, 11) is 2.11. The molecule has 0 aliphatic carbocycles. The lowest BCUT2D eigenvalue weighted by molar-refractivity contribution is 0.0917. The molecule has 2 aliphatic heterocycles. The first kappa shape index (κ1) is 23.1. The van der Waals surface area contributed by atoms with Crippen LogP contribution in [0.1, 0.15) is 23.2 Å². The fourth-order valence-electron chi connectivity index (χ4n) is 4.37. The summed E-state index contributed by atoms with van der Waals surface area (Å²) < 4.78 is 11.8. The van der Waals surface area contributed by atoms with Crippen molar-refractivity contribution in [2.45, 2.75) is 25.0 Å². The molecular weight excluding hydrogens is 442 g/mol. The molecule has 2 aromatic carbocycles. The average molecular weight is 474 g/mol. The lowest BCUT2D eigenvalue weighted by Gasteiger charge is -2.29. The summed E-state index contributed by atoms with van der Waals surface area (Å²) in [4.78, 5) is 19.5. The maximum absolute atomic E-state index is 12.6. The molecule has 0 saturated carbocycles. The molecule has 0 spiro atoms. The number of anilines is 2. The van der Waals surface area contributed by atoms with Crippen LogP contribution in [0.25, 0.3) is 11.3 Å². The van der Waals surface area contributed by atoms with Crippen LogP contribution in [0.15, 0.2) is 60.8 Å². The standard InChI is InChI=1S/C27H31N5O3/c1-32-13-11-20(12-14-32)31-27(33)18-5-7-19(8-6-18)30-21-9-10-24(29-16-21)23-3-2-4-25-26(23)35-22(15-28)17-34-25/h2-10,16,20,22,30H,11-15,17,28H2,1H3,(H,31,33). The van der Waals surface area contributed by atoms with E-state index in [9.17, 15) is 4.79 Å². The fourth-order valence-corrected chi connectivity index (χ4v) is 4.37. The number of nitrogens with two attached hydrogens (primary N) is 1. The maximum Gasteiger partial charge on any atom is 0.251 e. The number of hydrogen-bond acceptors (Lipinski definition) is 7. The molecule has 35 heavy (non-hydrogen) atoms. The van der Waals surface area contributed by atoms with Crippen LogP contribution in [0.5, 0.6) is 11.5 Å². The zero-order valence-corrected chi connectivity index (χ0v) is 19.9. The van der Waals surface area contributed by atoms with Gasteiger partial charge in [0.1, 0.15) is 12.7 Å². The van der Waals surface area contributed by atoms with Crippen molar-refractivity contribution in [3.63, 3.8) is 0 Å². The van der Waals surface area contributed by atoms with Gasteiger partial charge in [-0.05, 0) is 81.5 Å². The predicted octanol–water partition coefficient (Wildman–Crippen LogP) is 3.41. The molecule has 0 bridgehead atoms. The van der Waals surface area contributed by atoms with Crippen LogP contribution in [0.4, 0.5) is 11.4 Å². The van der Waals surface area contributed by atoms with Crippen molar-refractivity contribution in [3.05, 3.63) is 66.4 Å². The van der Waals surface area contributed by atoms with Gasteiger partial charge in [0, 0.05) is 29.4 Å². The number of aromatic nitrogens is 1. The minimum absolute atomic E-state index is 0.0219. The van der Waals surface area contributed by atoms with Gasteiger partial charge in [0.05, 0.1) is 17.6 Å². The van der Waals surface area contributed by atoms with E-state index >= 15 is 0 Å². The third-order valence-corrected chi connectivity index (χ3v) is 6.48. The molecule has 3 heterocycles. The predicted molar refractivity (Wildman–Crippen MR) is 136 cm³/mol. The second-order valence-corrected chi connectivity index (χ2v) is 9.10. The highest BCUT2D eigenvalue weighted by Gasteiger charge is 2.23. The number of nitrogens with zero attached hydrogens (tertiary/aromatic N) is 2. The molecule has 1 fully saturated rings. The average Bonchev–Trinajstić information content (AvgIpc) is 2.90. The first-order valence-corrected chi connectivity index (χ1v) is 12.0. The lowest BCUT2D eigenvalue weighted by atomic mass is 10.0. The number of piperidine rings is 1. The molecule has 1 unspecified atom stereocenters. The van der Waals surface area contributed by atoms with Gasteiger partial charge in [0.2, 0.25) is 0 Å². The highest BCUT2D eigenvalue weighted by atomic mass is 16.6. The monoisotopic (exact) mass is 473 g/mol. The van der Waals surface area contributed by atoms with Crippen LogP contribution in [0.3, 0.4) is 0 Å². The number of para-hydroxylation sites is 1. The summed E-state index contributed by atoms with van der Waals surface area (Å²) in [6, 6.07) is 17.4. The van der Waals surface area contributed by atoms with Crippen LogP contribution in [-0.2, 0) is 0 Å².